The van der Waals surface area contributed by atoms with Gasteiger partial charge in [0.15, 0.2) is 0 Å². The Morgan fingerprint density at radius 1 is 1.05 bits per heavy atom. The van der Waals surface area contributed by atoms with Crippen LogP contribution in [0.5, 0.6) is 0 Å². The molecule has 2 aromatic rings. The highest BCUT2D eigenvalue weighted by molar-refractivity contribution is 7.99. The molecule has 0 aromatic heterocycles. The fourth-order valence-electron chi connectivity index (χ4n) is 2.17. The molecule has 2 nitrogen and oxygen atoms in total. The third-order valence-electron chi connectivity index (χ3n) is 3.41. The number of hydrogen-bond acceptors (Lipinski definition) is 2. The van der Waals surface area contributed by atoms with Gasteiger partial charge in [-0.2, -0.15) is 0 Å². The van der Waals surface area contributed by atoms with Gasteiger partial charge in [0.2, 0.25) is 5.91 Å². The van der Waals surface area contributed by atoms with Crippen molar-refractivity contribution in [1.29, 1.82) is 0 Å². The van der Waals surface area contributed by atoms with Gasteiger partial charge in [0.1, 0.15) is 0 Å². The fourth-order valence-corrected chi connectivity index (χ4v) is 3.07. The summed E-state index contributed by atoms with van der Waals surface area (Å²) in [7, 11) is 0. The molecule has 0 aliphatic heterocycles. The van der Waals surface area contributed by atoms with Gasteiger partial charge >= 0.3 is 0 Å². The van der Waals surface area contributed by atoms with Gasteiger partial charge in [-0.05, 0) is 43.5 Å². The number of amides is 1. The van der Waals surface area contributed by atoms with Crippen LogP contribution >= 0.6 is 11.8 Å². The van der Waals surface area contributed by atoms with Crippen molar-refractivity contribution in [3.63, 3.8) is 0 Å². The Kier molecular flexibility index (Phi) is 5.45. The summed E-state index contributed by atoms with van der Waals surface area (Å²) in [6, 6.07) is 14.4. The van der Waals surface area contributed by atoms with Crippen molar-refractivity contribution in [1.82, 2.24) is 0 Å². The quantitative estimate of drug-likeness (QED) is 0.881. The van der Waals surface area contributed by atoms with E-state index in [9.17, 15) is 4.79 Å². The first-order chi connectivity index (χ1) is 10.1. The van der Waals surface area contributed by atoms with E-state index in [1.165, 1.54) is 16.7 Å². The van der Waals surface area contributed by atoms with Gasteiger partial charge in [0.05, 0.1) is 5.75 Å². The zero-order valence-corrected chi connectivity index (χ0v) is 13.6. The molecule has 21 heavy (non-hydrogen) atoms. The van der Waals surface area contributed by atoms with E-state index < -0.39 is 0 Å². The van der Waals surface area contributed by atoms with Gasteiger partial charge in [-0.25, -0.2) is 0 Å². The number of hydrogen-bond donors (Lipinski definition) is 1. The molecule has 2 rings (SSSR count). The summed E-state index contributed by atoms with van der Waals surface area (Å²) in [4.78, 5) is 12.0. The van der Waals surface area contributed by atoms with E-state index in [0.717, 1.165) is 17.0 Å². The summed E-state index contributed by atoms with van der Waals surface area (Å²) in [5.74, 6) is 1.40. The van der Waals surface area contributed by atoms with Gasteiger partial charge in [-0.1, -0.05) is 42.0 Å². The van der Waals surface area contributed by atoms with Crippen LogP contribution in [0.25, 0.3) is 0 Å². The van der Waals surface area contributed by atoms with Crippen LogP contribution in [-0.2, 0) is 10.5 Å². The Morgan fingerprint density at radius 2 is 1.81 bits per heavy atom. The van der Waals surface area contributed by atoms with E-state index in [1.54, 1.807) is 11.8 Å². The minimum absolute atomic E-state index is 0.0561. The lowest BCUT2D eigenvalue weighted by atomic mass is 10.1. The summed E-state index contributed by atoms with van der Waals surface area (Å²) in [5, 5.41) is 2.98. The minimum Gasteiger partial charge on any atom is -0.325 e. The average Bonchev–Trinajstić information content (AvgIpc) is 2.44. The molecule has 0 aliphatic carbocycles. The van der Waals surface area contributed by atoms with Crippen LogP contribution in [0.1, 0.15) is 22.3 Å². The molecule has 0 unspecified atom stereocenters. The number of rotatable bonds is 5. The molecule has 0 saturated carbocycles. The summed E-state index contributed by atoms with van der Waals surface area (Å²) in [6.45, 7) is 6.17. The molecule has 1 amide bonds. The zero-order valence-electron chi connectivity index (χ0n) is 12.8. The lowest BCUT2D eigenvalue weighted by Gasteiger charge is -2.09. The van der Waals surface area contributed by atoms with E-state index in [4.69, 9.17) is 0 Å². The molecule has 0 spiro atoms. The Bertz CT molecular complexity index is 637. The summed E-state index contributed by atoms with van der Waals surface area (Å²) < 4.78 is 0. The molecule has 0 saturated heterocycles. The second-order valence-electron chi connectivity index (χ2n) is 5.29. The van der Waals surface area contributed by atoms with Crippen molar-refractivity contribution in [2.75, 3.05) is 11.1 Å². The molecule has 0 aliphatic rings. The van der Waals surface area contributed by atoms with Crippen molar-refractivity contribution in [3.05, 3.63) is 64.7 Å². The van der Waals surface area contributed by atoms with Crippen LogP contribution in [0.2, 0.25) is 0 Å². The Hall–Kier alpha value is -1.74. The van der Waals surface area contributed by atoms with Gasteiger partial charge in [-0.3, -0.25) is 4.79 Å². The largest absolute Gasteiger partial charge is 0.325 e. The van der Waals surface area contributed by atoms with Gasteiger partial charge < -0.3 is 5.32 Å². The molecular weight excluding hydrogens is 278 g/mol. The molecule has 3 heteroatoms. The molecule has 0 radical (unpaired) electrons. The third kappa shape index (κ3) is 4.64. The van der Waals surface area contributed by atoms with Crippen molar-refractivity contribution in [2.24, 2.45) is 0 Å². The molecular formula is C18H21NOS. The fraction of sp³-hybridized carbons (Fsp3) is 0.278. The number of benzene rings is 2. The second-order valence-corrected chi connectivity index (χ2v) is 6.27. The first kappa shape index (κ1) is 15.6. The summed E-state index contributed by atoms with van der Waals surface area (Å²) in [5.41, 5.74) is 5.79. The Morgan fingerprint density at radius 3 is 2.52 bits per heavy atom. The standard InChI is InChI=1S/C18H21NOS/c1-13-8-9-17(15(3)10-13)19-18(20)12-21-11-16-7-5-4-6-14(16)2/h4-10H,11-12H2,1-3H3,(H,19,20). The maximum Gasteiger partial charge on any atom is 0.234 e. The summed E-state index contributed by atoms with van der Waals surface area (Å²) >= 11 is 1.64. The number of aryl methyl sites for hydroxylation is 3. The highest BCUT2D eigenvalue weighted by atomic mass is 32.2. The highest BCUT2D eigenvalue weighted by Gasteiger charge is 2.06. The first-order valence-electron chi connectivity index (χ1n) is 7.05. The zero-order chi connectivity index (χ0) is 15.2. The minimum atomic E-state index is 0.0561. The molecule has 0 heterocycles. The first-order valence-corrected chi connectivity index (χ1v) is 8.21. The lowest BCUT2D eigenvalue weighted by Crippen LogP contribution is -2.15. The van der Waals surface area contributed by atoms with E-state index in [2.05, 4.69) is 37.4 Å². The molecule has 1 N–H and O–H groups in total. The van der Waals surface area contributed by atoms with Crippen molar-refractivity contribution < 1.29 is 4.79 Å². The van der Waals surface area contributed by atoms with Crippen LogP contribution in [0.15, 0.2) is 42.5 Å². The number of anilines is 1. The van der Waals surface area contributed by atoms with Crippen molar-refractivity contribution >= 4 is 23.4 Å². The number of carbonyl (C=O) groups is 1. The molecule has 0 atom stereocenters. The van der Waals surface area contributed by atoms with Crippen molar-refractivity contribution in [2.45, 2.75) is 26.5 Å². The van der Waals surface area contributed by atoms with Crippen molar-refractivity contribution in [3.8, 4) is 0 Å². The van der Waals surface area contributed by atoms with Crippen LogP contribution in [0, 0.1) is 20.8 Å². The maximum atomic E-state index is 12.0. The normalized spacial score (nSPS) is 10.4. The Balaban J connectivity index is 1.84. The monoisotopic (exact) mass is 299 g/mol. The van der Waals surface area contributed by atoms with Gasteiger partial charge in [0.25, 0.3) is 0 Å². The molecule has 2 aromatic carbocycles. The van der Waals surface area contributed by atoms with Crippen LogP contribution < -0.4 is 5.32 Å². The topological polar surface area (TPSA) is 29.1 Å². The van der Waals surface area contributed by atoms with E-state index >= 15 is 0 Å². The van der Waals surface area contributed by atoms with Gasteiger partial charge in [-0.15, -0.1) is 11.8 Å². The number of nitrogens with one attached hydrogen (secondary N) is 1. The van der Waals surface area contributed by atoms with Crippen LogP contribution in [-0.4, -0.2) is 11.7 Å². The van der Waals surface area contributed by atoms with Gasteiger partial charge in [0, 0.05) is 11.4 Å². The van der Waals surface area contributed by atoms with E-state index in [1.807, 2.05) is 31.2 Å². The van der Waals surface area contributed by atoms with Crippen LogP contribution in [0.4, 0.5) is 5.69 Å². The molecule has 0 fully saturated rings. The SMILES string of the molecule is Cc1ccc(NC(=O)CSCc2ccccc2C)c(C)c1. The molecule has 110 valence electrons. The predicted molar refractivity (Wildman–Crippen MR) is 91.9 cm³/mol. The van der Waals surface area contributed by atoms with E-state index in [0.29, 0.717) is 5.75 Å². The third-order valence-corrected chi connectivity index (χ3v) is 4.39. The number of thioether (sulfide) groups is 1. The summed E-state index contributed by atoms with van der Waals surface area (Å²) in [6.07, 6.45) is 0. The predicted octanol–water partition coefficient (Wildman–Crippen LogP) is 4.48. The Labute approximate surface area is 131 Å². The maximum absolute atomic E-state index is 12.0. The van der Waals surface area contributed by atoms with E-state index in [-0.39, 0.29) is 5.91 Å². The number of carbonyl (C=O) groups excluding carboxylic acids is 1. The molecule has 0 bridgehead atoms. The smallest absolute Gasteiger partial charge is 0.234 e. The average molecular weight is 299 g/mol. The second kappa shape index (κ2) is 7.32. The highest BCUT2D eigenvalue weighted by Crippen LogP contribution is 2.18. The van der Waals surface area contributed by atoms with Crippen LogP contribution in [0.3, 0.4) is 0 Å². The lowest BCUT2D eigenvalue weighted by molar-refractivity contribution is -0.113.